The van der Waals surface area contributed by atoms with Crippen molar-refractivity contribution < 1.29 is 4.79 Å². The van der Waals surface area contributed by atoms with Crippen molar-refractivity contribution in [2.75, 3.05) is 19.6 Å². The fourth-order valence-electron chi connectivity index (χ4n) is 3.99. The number of rotatable bonds is 3. The number of hydrogen-bond acceptors (Lipinski definition) is 6. The van der Waals surface area contributed by atoms with Crippen LogP contribution in [-0.2, 0) is 10.3 Å². The summed E-state index contributed by atoms with van der Waals surface area (Å²) in [6.07, 6.45) is 6.89. The number of nitrogens with zero attached hydrogens (tertiary/aromatic N) is 3. The quantitative estimate of drug-likeness (QED) is 0.753. The summed E-state index contributed by atoms with van der Waals surface area (Å²) < 4.78 is 0. The fourth-order valence-corrected chi connectivity index (χ4v) is 3.99. The van der Waals surface area contributed by atoms with Crippen molar-refractivity contribution >= 4 is 17.1 Å². The average Bonchev–Trinajstić information content (AvgIpc) is 2.99. The Morgan fingerprint density at radius 3 is 2.88 bits per heavy atom. The maximum absolute atomic E-state index is 12.1. The number of amides is 1. The Kier molecular flexibility index (Phi) is 3.90. The first-order valence-electron chi connectivity index (χ1n) is 8.50. The van der Waals surface area contributed by atoms with Crippen molar-refractivity contribution in [3.8, 4) is 0 Å². The van der Waals surface area contributed by atoms with Crippen LogP contribution in [0.25, 0.3) is 11.2 Å². The number of fused-ring (bicyclic) bond motifs is 1. The van der Waals surface area contributed by atoms with Crippen LogP contribution in [0.2, 0.25) is 0 Å². The van der Waals surface area contributed by atoms with E-state index in [9.17, 15) is 4.79 Å². The molecule has 2 aliphatic heterocycles. The molecule has 0 spiro atoms. The molecular formula is C17H22N6O. The van der Waals surface area contributed by atoms with Crippen LogP contribution in [0.1, 0.15) is 25.3 Å². The lowest BCUT2D eigenvalue weighted by Crippen LogP contribution is -2.59. The summed E-state index contributed by atoms with van der Waals surface area (Å²) in [4.78, 5) is 25.3. The maximum Gasteiger partial charge on any atom is 0.237 e. The van der Waals surface area contributed by atoms with Crippen molar-refractivity contribution in [3.63, 3.8) is 0 Å². The minimum Gasteiger partial charge on any atom is -0.355 e. The Hall–Kier alpha value is -2.12. The van der Waals surface area contributed by atoms with Gasteiger partial charge in [-0.25, -0.2) is 9.97 Å². The molecule has 0 aromatic carbocycles. The minimum atomic E-state index is -0.346. The summed E-state index contributed by atoms with van der Waals surface area (Å²) in [5.74, 6) is 0.577. The Morgan fingerprint density at radius 2 is 2.08 bits per heavy atom. The van der Waals surface area contributed by atoms with Gasteiger partial charge in [0.25, 0.3) is 0 Å². The molecule has 24 heavy (non-hydrogen) atoms. The van der Waals surface area contributed by atoms with Crippen LogP contribution in [0.4, 0.5) is 0 Å². The van der Waals surface area contributed by atoms with Gasteiger partial charge in [-0.3, -0.25) is 15.1 Å². The Balaban J connectivity index is 1.81. The smallest absolute Gasteiger partial charge is 0.237 e. The van der Waals surface area contributed by atoms with E-state index >= 15 is 0 Å². The molecule has 0 saturated carbocycles. The van der Waals surface area contributed by atoms with Crippen LogP contribution in [0.3, 0.4) is 0 Å². The summed E-state index contributed by atoms with van der Waals surface area (Å²) >= 11 is 0. The van der Waals surface area contributed by atoms with E-state index in [2.05, 4.69) is 37.8 Å². The maximum atomic E-state index is 12.1. The molecule has 2 aromatic rings. The van der Waals surface area contributed by atoms with Gasteiger partial charge in [0, 0.05) is 37.2 Å². The lowest BCUT2D eigenvalue weighted by atomic mass is 9.78. The standard InChI is InChI=1S/C17H22N6O/c1-11-8-17(10-18-9-11,23-13-3-5-22-16(13)24)12-2-4-20-15-14(12)19-6-7-21-15/h2,4,6-7,11,13,18,23H,3,5,8-10H2,1H3,(H,22,24)/t11-,13?,17-/m0/s1. The van der Waals surface area contributed by atoms with E-state index in [-0.39, 0.29) is 17.5 Å². The zero-order chi connectivity index (χ0) is 16.6. The molecule has 0 radical (unpaired) electrons. The van der Waals surface area contributed by atoms with Gasteiger partial charge in [-0.2, -0.15) is 0 Å². The van der Waals surface area contributed by atoms with Crippen molar-refractivity contribution in [1.82, 2.24) is 30.9 Å². The van der Waals surface area contributed by atoms with Gasteiger partial charge in [0.15, 0.2) is 5.65 Å². The van der Waals surface area contributed by atoms with Gasteiger partial charge in [-0.05, 0) is 31.4 Å². The molecule has 2 saturated heterocycles. The molecule has 1 amide bonds. The Labute approximate surface area is 140 Å². The summed E-state index contributed by atoms with van der Waals surface area (Å²) in [6.45, 7) is 4.70. The predicted octanol–water partition coefficient (Wildman–Crippen LogP) is 0.328. The van der Waals surface area contributed by atoms with Crippen LogP contribution in [0.15, 0.2) is 24.7 Å². The lowest BCUT2D eigenvalue weighted by Gasteiger charge is -2.43. The molecule has 3 N–H and O–H groups in total. The van der Waals surface area contributed by atoms with Gasteiger partial charge in [0.05, 0.1) is 11.6 Å². The number of carbonyl (C=O) groups excluding carboxylic acids is 1. The van der Waals surface area contributed by atoms with E-state index in [4.69, 9.17) is 0 Å². The van der Waals surface area contributed by atoms with Crippen LogP contribution >= 0.6 is 0 Å². The molecule has 126 valence electrons. The molecule has 2 aliphatic rings. The summed E-state index contributed by atoms with van der Waals surface area (Å²) in [7, 11) is 0. The topological polar surface area (TPSA) is 91.8 Å². The highest BCUT2D eigenvalue weighted by molar-refractivity contribution is 5.84. The zero-order valence-electron chi connectivity index (χ0n) is 13.7. The van der Waals surface area contributed by atoms with E-state index in [1.165, 1.54) is 0 Å². The van der Waals surface area contributed by atoms with Crippen LogP contribution in [0.5, 0.6) is 0 Å². The summed E-state index contributed by atoms with van der Waals surface area (Å²) in [5.41, 5.74) is 2.17. The summed E-state index contributed by atoms with van der Waals surface area (Å²) in [5, 5.41) is 10.1. The first kappa shape index (κ1) is 15.4. The van der Waals surface area contributed by atoms with Gasteiger partial charge in [-0.15, -0.1) is 0 Å². The largest absolute Gasteiger partial charge is 0.355 e. The predicted molar refractivity (Wildman–Crippen MR) is 90.2 cm³/mol. The molecule has 0 aliphatic carbocycles. The van der Waals surface area contributed by atoms with Gasteiger partial charge < -0.3 is 10.6 Å². The van der Waals surface area contributed by atoms with Crippen LogP contribution in [0, 0.1) is 5.92 Å². The number of nitrogens with one attached hydrogen (secondary N) is 3. The first-order chi connectivity index (χ1) is 11.7. The molecule has 7 heteroatoms. The third kappa shape index (κ3) is 2.63. The van der Waals surface area contributed by atoms with Crippen LogP contribution < -0.4 is 16.0 Å². The molecular weight excluding hydrogens is 304 g/mol. The molecule has 0 bridgehead atoms. The highest BCUT2D eigenvalue weighted by Crippen LogP contribution is 2.34. The molecule has 2 fully saturated rings. The SMILES string of the molecule is C[C@@H]1CNC[C@](NC2CCNC2=O)(c2ccnc3nccnc23)C1. The summed E-state index contributed by atoms with van der Waals surface area (Å²) in [6, 6.07) is 1.84. The monoisotopic (exact) mass is 326 g/mol. The molecule has 4 rings (SSSR count). The second-order valence-electron chi connectivity index (χ2n) is 6.89. The second kappa shape index (κ2) is 6.07. The number of piperidine rings is 1. The normalized spacial score (nSPS) is 30.5. The van der Waals surface area contributed by atoms with Crippen molar-refractivity contribution in [2.24, 2.45) is 5.92 Å². The Bertz CT molecular complexity index is 760. The molecule has 1 unspecified atom stereocenters. The van der Waals surface area contributed by atoms with E-state index in [1.54, 1.807) is 18.6 Å². The van der Waals surface area contributed by atoms with E-state index in [0.717, 1.165) is 43.6 Å². The van der Waals surface area contributed by atoms with E-state index in [0.29, 0.717) is 11.6 Å². The molecule has 4 heterocycles. The average molecular weight is 326 g/mol. The Morgan fingerprint density at radius 1 is 1.25 bits per heavy atom. The van der Waals surface area contributed by atoms with E-state index < -0.39 is 0 Å². The number of hydrogen-bond donors (Lipinski definition) is 3. The highest BCUT2D eigenvalue weighted by atomic mass is 16.2. The van der Waals surface area contributed by atoms with Gasteiger partial charge in [0.2, 0.25) is 5.91 Å². The number of pyridine rings is 1. The highest BCUT2D eigenvalue weighted by Gasteiger charge is 2.42. The van der Waals surface area contributed by atoms with Gasteiger partial charge >= 0.3 is 0 Å². The molecule has 7 nitrogen and oxygen atoms in total. The molecule has 3 atom stereocenters. The van der Waals surface area contributed by atoms with Crippen molar-refractivity contribution in [2.45, 2.75) is 31.3 Å². The van der Waals surface area contributed by atoms with Crippen molar-refractivity contribution in [1.29, 1.82) is 0 Å². The molecule has 2 aromatic heterocycles. The number of carbonyl (C=O) groups is 1. The third-order valence-electron chi connectivity index (χ3n) is 5.00. The first-order valence-corrected chi connectivity index (χ1v) is 8.50. The van der Waals surface area contributed by atoms with Crippen LogP contribution in [-0.4, -0.2) is 46.5 Å². The zero-order valence-corrected chi connectivity index (χ0v) is 13.7. The van der Waals surface area contributed by atoms with Crippen molar-refractivity contribution in [3.05, 3.63) is 30.2 Å². The second-order valence-corrected chi connectivity index (χ2v) is 6.89. The number of aromatic nitrogens is 3. The fraction of sp³-hybridized carbons (Fsp3) is 0.529. The third-order valence-corrected chi connectivity index (χ3v) is 5.00. The van der Waals surface area contributed by atoms with E-state index in [1.807, 2.05) is 6.07 Å². The lowest BCUT2D eigenvalue weighted by molar-refractivity contribution is -0.121. The minimum absolute atomic E-state index is 0.0806. The van der Waals surface area contributed by atoms with Gasteiger partial charge in [0.1, 0.15) is 5.52 Å². The van der Waals surface area contributed by atoms with Gasteiger partial charge in [-0.1, -0.05) is 6.92 Å².